The number of carbonyl (C=O) groups excluding carboxylic acids is 2. The molecule has 1 aliphatic heterocycles. The summed E-state index contributed by atoms with van der Waals surface area (Å²) >= 11 is 0. The van der Waals surface area contributed by atoms with Crippen molar-refractivity contribution in [2.45, 2.75) is 56.8 Å². The van der Waals surface area contributed by atoms with Crippen LogP contribution in [0.3, 0.4) is 0 Å². The summed E-state index contributed by atoms with van der Waals surface area (Å²) in [5.41, 5.74) is 1.68. The Morgan fingerprint density at radius 3 is 2.37 bits per heavy atom. The van der Waals surface area contributed by atoms with Gasteiger partial charge < -0.3 is 10.2 Å². The van der Waals surface area contributed by atoms with Gasteiger partial charge in [0.15, 0.2) is 0 Å². The molecule has 2 aromatic carbocycles. The Kier molecular flexibility index (Phi) is 9.40. The fourth-order valence-corrected chi connectivity index (χ4v) is 5.89. The number of carbonyl (C=O) groups is 2. The van der Waals surface area contributed by atoms with E-state index < -0.39 is 10.0 Å². The summed E-state index contributed by atoms with van der Waals surface area (Å²) < 4.78 is 28.0. The smallest absolute Gasteiger partial charge is 0.243 e. The van der Waals surface area contributed by atoms with Gasteiger partial charge in [-0.25, -0.2) is 8.42 Å². The molecule has 9 heteroatoms. The highest BCUT2D eigenvalue weighted by molar-refractivity contribution is 7.89. The lowest BCUT2D eigenvalue weighted by Gasteiger charge is -2.22. The second-order valence-electron chi connectivity index (χ2n) is 8.64. The number of amides is 2. The summed E-state index contributed by atoms with van der Waals surface area (Å²) in [5.74, 6) is -0.636. The molecule has 0 saturated carbocycles. The number of aryl methyl sites for hydroxylation is 1. The van der Waals surface area contributed by atoms with Crippen LogP contribution in [0.25, 0.3) is 0 Å². The summed E-state index contributed by atoms with van der Waals surface area (Å²) in [7, 11) is -3.66. The number of nitriles is 1. The first-order valence-corrected chi connectivity index (χ1v) is 13.4. The summed E-state index contributed by atoms with van der Waals surface area (Å²) in [6, 6.07) is 15.9. The van der Waals surface area contributed by atoms with Crippen molar-refractivity contribution >= 4 is 33.2 Å². The summed E-state index contributed by atoms with van der Waals surface area (Å²) in [6.07, 6.45) is 3.84. The third-order valence-electron chi connectivity index (χ3n) is 6.04. The maximum atomic E-state index is 13.3. The van der Waals surface area contributed by atoms with Crippen molar-refractivity contribution in [3.63, 3.8) is 0 Å². The topological polar surface area (TPSA) is 111 Å². The van der Waals surface area contributed by atoms with Crippen LogP contribution < -0.4 is 10.2 Å². The molecule has 0 unspecified atom stereocenters. The normalized spacial score (nSPS) is 14.5. The van der Waals surface area contributed by atoms with Gasteiger partial charge in [0.05, 0.1) is 17.4 Å². The van der Waals surface area contributed by atoms with E-state index in [0.717, 1.165) is 25.7 Å². The minimum Gasteiger partial charge on any atom is -0.326 e. The molecule has 0 aliphatic carbocycles. The van der Waals surface area contributed by atoms with Crippen LogP contribution in [0.2, 0.25) is 0 Å². The van der Waals surface area contributed by atoms with Crippen molar-refractivity contribution in [1.29, 1.82) is 5.26 Å². The van der Waals surface area contributed by atoms with Crippen molar-refractivity contribution in [2.75, 3.05) is 29.9 Å². The minimum atomic E-state index is -3.66. The molecule has 1 aliphatic rings. The largest absolute Gasteiger partial charge is 0.326 e. The van der Waals surface area contributed by atoms with Gasteiger partial charge in [0, 0.05) is 43.9 Å². The molecular formula is C26H32N4O4S. The van der Waals surface area contributed by atoms with Gasteiger partial charge in [0.25, 0.3) is 0 Å². The average Bonchev–Trinajstić information content (AvgIpc) is 3.15. The Morgan fingerprint density at radius 1 is 1.03 bits per heavy atom. The zero-order valence-corrected chi connectivity index (χ0v) is 20.9. The standard InChI is InChI=1S/C26H32N4O4S/c1-21-12-13-22(20-24(21)35(33,34)29-17-7-2-3-8-18-29)28-25(31)14-15-26(32)30(19-9-16-27)23-10-5-4-6-11-23/h4-6,10-13,20H,2-3,7-9,14-15,17-19H2,1H3,(H,28,31). The Balaban J connectivity index is 1.65. The van der Waals surface area contributed by atoms with Crippen molar-refractivity contribution < 1.29 is 18.0 Å². The van der Waals surface area contributed by atoms with Crippen molar-refractivity contribution in [3.05, 3.63) is 54.1 Å². The predicted molar refractivity (Wildman–Crippen MR) is 135 cm³/mol. The molecule has 0 spiro atoms. The van der Waals surface area contributed by atoms with E-state index in [9.17, 15) is 18.0 Å². The van der Waals surface area contributed by atoms with Gasteiger partial charge in [-0.15, -0.1) is 0 Å². The van der Waals surface area contributed by atoms with Crippen LogP contribution in [0.15, 0.2) is 53.4 Å². The number of nitrogens with zero attached hydrogens (tertiary/aromatic N) is 3. The molecule has 186 valence electrons. The highest BCUT2D eigenvalue weighted by Crippen LogP contribution is 2.26. The number of nitrogens with one attached hydrogen (secondary N) is 1. The van der Waals surface area contributed by atoms with Crippen LogP contribution in [-0.2, 0) is 19.6 Å². The van der Waals surface area contributed by atoms with E-state index >= 15 is 0 Å². The molecule has 0 bridgehead atoms. The van der Waals surface area contributed by atoms with Crippen molar-refractivity contribution in [1.82, 2.24) is 4.31 Å². The number of rotatable bonds is 9. The van der Waals surface area contributed by atoms with Gasteiger partial charge in [-0.3, -0.25) is 9.59 Å². The zero-order valence-electron chi connectivity index (χ0n) is 20.1. The molecule has 1 fully saturated rings. The SMILES string of the molecule is Cc1ccc(NC(=O)CCC(=O)N(CCC#N)c2ccccc2)cc1S(=O)(=O)N1CCCCCC1. The lowest BCUT2D eigenvalue weighted by atomic mass is 10.2. The molecule has 35 heavy (non-hydrogen) atoms. The highest BCUT2D eigenvalue weighted by atomic mass is 32.2. The molecule has 0 aromatic heterocycles. The number of hydrogen-bond acceptors (Lipinski definition) is 5. The quantitative estimate of drug-likeness (QED) is 0.559. The highest BCUT2D eigenvalue weighted by Gasteiger charge is 2.27. The molecule has 2 amide bonds. The zero-order chi connectivity index (χ0) is 25.3. The summed E-state index contributed by atoms with van der Waals surface area (Å²) in [6.45, 7) is 3.00. The van der Waals surface area contributed by atoms with E-state index in [2.05, 4.69) is 5.32 Å². The van der Waals surface area contributed by atoms with Crippen molar-refractivity contribution in [3.8, 4) is 6.07 Å². The minimum absolute atomic E-state index is 0.0308. The van der Waals surface area contributed by atoms with Gasteiger partial charge in [0.1, 0.15) is 0 Å². The van der Waals surface area contributed by atoms with Crippen LogP contribution >= 0.6 is 0 Å². The lowest BCUT2D eigenvalue weighted by molar-refractivity contribution is -0.122. The summed E-state index contributed by atoms with van der Waals surface area (Å²) in [5, 5.41) is 11.7. The molecule has 1 heterocycles. The van der Waals surface area contributed by atoms with Crippen LogP contribution in [0.5, 0.6) is 0 Å². The fourth-order valence-electron chi connectivity index (χ4n) is 4.12. The second kappa shape index (κ2) is 12.5. The van der Waals surface area contributed by atoms with Gasteiger partial charge in [-0.1, -0.05) is 37.1 Å². The van der Waals surface area contributed by atoms with E-state index in [0.29, 0.717) is 30.0 Å². The van der Waals surface area contributed by atoms with Crippen LogP contribution in [0, 0.1) is 18.3 Å². The Bertz CT molecular complexity index is 1170. The van der Waals surface area contributed by atoms with E-state index in [1.807, 2.05) is 24.3 Å². The number of sulfonamides is 1. The first-order valence-electron chi connectivity index (χ1n) is 12.0. The second-order valence-corrected chi connectivity index (χ2v) is 10.5. The van der Waals surface area contributed by atoms with Gasteiger partial charge in [0.2, 0.25) is 21.8 Å². The predicted octanol–water partition coefficient (Wildman–Crippen LogP) is 4.23. The first-order chi connectivity index (χ1) is 16.8. The monoisotopic (exact) mass is 496 g/mol. The first kappa shape index (κ1) is 26.4. The maximum Gasteiger partial charge on any atom is 0.243 e. The number of anilines is 2. The molecule has 1 N–H and O–H groups in total. The van der Waals surface area contributed by atoms with Gasteiger partial charge in [-0.05, 0) is 49.6 Å². The number of hydrogen-bond donors (Lipinski definition) is 1. The fraction of sp³-hybridized carbons (Fsp3) is 0.423. The average molecular weight is 497 g/mol. The molecule has 8 nitrogen and oxygen atoms in total. The van der Waals surface area contributed by atoms with Gasteiger partial charge >= 0.3 is 0 Å². The molecule has 3 rings (SSSR count). The molecule has 0 radical (unpaired) electrons. The number of para-hydroxylation sites is 1. The third kappa shape index (κ3) is 7.13. The maximum absolute atomic E-state index is 13.3. The molecular weight excluding hydrogens is 464 g/mol. The lowest BCUT2D eigenvalue weighted by Crippen LogP contribution is -2.32. The Labute approximate surface area is 207 Å². The van der Waals surface area contributed by atoms with Crippen LogP contribution in [0.1, 0.15) is 50.5 Å². The van der Waals surface area contributed by atoms with Gasteiger partial charge in [-0.2, -0.15) is 9.57 Å². The Morgan fingerprint density at radius 2 is 1.71 bits per heavy atom. The van der Waals surface area contributed by atoms with Crippen molar-refractivity contribution in [2.24, 2.45) is 0 Å². The van der Waals surface area contributed by atoms with E-state index in [1.165, 1.54) is 15.3 Å². The summed E-state index contributed by atoms with van der Waals surface area (Å²) in [4.78, 5) is 27.1. The third-order valence-corrected chi connectivity index (χ3v) is 8.08. The molecule has 2 aromatic rings. The molecule has 0 atom stereocenters. The van der Waals surface area contributed by atoms with Crippen LogP contribution in [-0.4, -0.2) is 44.2 Å². The molecule has 1 saturated heterocycles. The van der Waals surface area contributed by atoms with Crippen LogP contribution in [0.4, 0.5) is 11.4 Å². The van der Waals surface area contributed by atoms with E-state index in [1.54, 1.807) is 31.2 Å². The van der Waals surface area contributed by atoms with E-state index in [-0.39, 0.29) is 42.5 Å². The Hall–Kier alpha value is -3.22. The van der Waals surface area contributed by atoms with E-state index in [4.69, 9.17) is 5.26 Å². The number of benzene rings is 2.